The van der Waals surface area contributed by atoms with Crippen molar-refractivity contribution in [1.29, 1.82) is 0 Å². The highest BCUT2D eigenvalue weighted by molar-refractivity contribution is 5.75. The van der Waals surface area contributed by atoms with Crippen molar-refractivity contribution < 1.29 is 14.6 Å². The standard InChI is InChI=1S/C13H14N2O3/c1-8-11(7-14-15-8)10-5-3-4-6-12(10)18-9(2)13(16)17/h3-7,9H,1-2H3,(H,14,15)(H,16,17)/t9-/m0/s1. The summed E-state index contributed by atoms with van der Waals surface area (Å²) in [5.74, 6) is -0.453. The number of hydrogen-bond acceptors (Lipinski definition) is 3. The number of nitrogens with one attached hydrogen (secondary N) is 1. The van der Waals surface area contributed by atoms with Gasteiger partial charge in [-0.15, -0.1) is 0 Å². The van der Waals surface area contributed by atoms with Crippen LogP contribution in [0, 0.1) is 6.92 Å². The number of benzene rings is 1. The minimum Gasteiger partial charge on any atom is -0.479 e. The number of ether oxygens (including phenoxy) is 1. The van der Waals surface area contributed by atoms with Gasteiger partial charge in [-0.3, -0.25) is 5.10 Å². The number of nitrogens with zero attached hydrogens (tertiary/aromatic N) is 1. The van der Waals surface area contributed by atoms with E-state index in [1.807, 2.05) is 25.1 Å². The lowest BCUT2D eigenvalue weighted by Crippen LogP contribution is -2.23. The third-order valence-electron chi connectivity index (χ3n) is 2.66. The van der Waals surface area contributed by atoms with Crippen LogP contribution in [0.1, 0.15) is 12.6 Å². The van der Waals surface area contributed by atoms with E-state index in [4.69, 9.17) is 9.84 Å². The first-order valence-electron chi connectivity index (χ1n) is 5.58. The van der Waals surface area contributed by atoms with Gasteiger partial charge in [0.15, 0.2) is 6.10 Å². The smallest absolute Gasteiger partial charge is 0.344 e. The molecule has 2 N–H and O–H groups in total. The molecule has 0 fully saturated rings. The molecule has 5 nitrogen and oxygen atoms in total. The van der Waals surface area contributed by atoms with Gasteiger partial charge in [-0.25, -0.2) is 4.79 Å². The Labute approximate surface area is 104 Å². The molecular formula is C13H14N2O3. The highest BCUT2D eigenvalue weighted by Gasteiger charge is 2.16. The molecule has 0 aliphatic rings. The Balaban J connectivity index is 2.38. The van der Waals surface area contributed by atoms with Crippen LogP contribution in [0.4, 0.5) is 0 Å². The molecular weight excluding hydrogens is 232 g/mol. The van der Waals surface area contributed by atoms with Crippen molar-refractivity contribution in [2.24, 2.45) is 0 Å². The first kappa shape index (κ1) is 12.2. The molecule has 18 heavy (non-hydrogen) atoms. The van der Waals surface area contributed by atoms with Crippen LogP contribution in [-0.2, 0) is 4.79 Å². The van der Waals surface area contributed by atoms with Crippen LogP contribution < -0.4 is 4.74 Å². The molecule has 2 rings (SSSR count). The van der Waals surface area contributed by atoms with E-state index in [2.05, 4.69) is 10.2 Å². The summed E-state index contributed by atoms with van der Waals surface area (Å²) in [5, 5.41) is 15.7. The quantitative estimate of drug-likeness (QED) is 0.867. The zero-order valence-electron chi connectivity index (χ0n) is 10.2. The SMILES string of the molecule is Cc1[nH]ncc1-c1ccccc1O[C@@H](C)C(=O)O. The number of H-pyrrole nitrogens is 1. The minimum absolute atomic E-state index is 0.539. The maximum Gasteiger partial charge on any atom is 0.344 e. The highest BCUT2D eigenvalue weighted by atomic mass is 16.5. The summed E-state index contributed by atoms with van der Waals surface area (Å²) in [6, 6.07) is 7.31. The monoisotopic (exact) mass is 246 g/mol. The van der Waals surface area contributed by atoms with Gasteiger partial charge < -0.3 is 9.84 Å². The number of para-hydroxylation sites is 1. The second-order valence-corrected chi connectivity index (χ2v) is 4.00. The molecule has 0 spiro atoms. The molecule has 0 aliphatic heterocycles. The summed E-state index contributed by atoms with van der Waals surface area (Å²) in [4.78, 5) is 10.8. The number of aliphatic carboxylic acids is 1. The van der Waals surface area contributed by atoms with E-state index in [9.17, 15) is 4.79 Å². The summed E-state index contributed by atoms with van der Waals surface area (Å²) >= 11 is 0. The van der Waals surface area contributed by atoms with Gasteiger partial charge in [0.2, 0.25) is 0 Å². The van der Waals surface area contributed by atoms with Crippen molar-refractivity contribution in [3.05, 3.63) is 36.2 Å². The van der Waals surface area contributed by atoms with E-state index in [1.165, 1.54) is 6.92 Å². The van der Waals surface area contributed by atoms with Crippen LogP contribution in [0.2, 0.25) is 0 Å². The molecule has 0 saturated carbocycles. The Bertz CT molecular complexity index is 563. The fraction of sp³-hybridized carbons (Fsp3) is 0.231. The van der Waals surface area contributed by atoms with Gasteiger partial charge in [0, 0.05) is 16.8 Å². The number of carboxylic acids is 1. The first-order chi connectivity index (χ1) is 8.59. The number of hydrogen-bond donors (Lipinski definition) is 2. The highest BCUT2D eigenvalue weighted by Crippen LogP contribution is 2.31. The molecule has 94 valence electrons. The van der Waals surface area contributed by atoms with Crippen molar-refractivity contribution in [3.8, 4) is 16.9 Å². The van der Waals surface area contributed by atoms with E-state index in [0.717, 1.165) is 16.8 Å². The summed E-state index contributed by atoms with van der Waals surface area (Å²) in [7, 11) is 0. The number of aromatic nitrogens is 2. The third-order valence-corrected chi connectivity index (χ3v) is 2.66. The van der Waals surface area contributed by atoms with Crippen LogP contribution >= 0.6 is 0 Å². The molecule has 0 radical (unpaired) electrons. The molecule has 0 bridgehead atoms. The van der Waals surface area contributed by atoms with E-state index >= 15 is 0 Å². The van der Waals surface area contributed by atoms with Gasteiger partial charge in [0.25, 0.3) is 0 Å². The molecule has 0 amide bonds. The summed E-state index contributed by atoms with van der Waals surface area (Å²) < 4.78 is 5.44. The van der Waals surface area contributed by atoms with Crippen molar-refractivity contribution in [3.63, 3.8) is 0 Å². The summed E-state index contributed by atoms with van der Waals surface area (Å²) in [6.07, 6.45) is 0.807. The number of rotatable bonds is 4. The van der Waals surface area contributed by atoms with Crippen LogP contribution in [-0.4, -0.2) is 27.4 Å². The van der Waals surface area contributed by atoms with E-state index < -0.39 is 12.1 Å². The molecule has 1 heterocycles. The van der Waals surface area contributed by atoms with E-state index in [0.29, 0.717) is 5.75 Å². The maximum absolute atomic E-state index is 10.8. The Morgan fingerprint density at radius 2 is 2.11 bits per heavy atom. The van der Waals surface area contributed by atoms with Crippen molar-refractivity contribution in [2.75, 3.05) is 0 Å². The fourth-order valence-corrected chi connectivity index (χ4v) is 1.66. The van der Waals surface area contributed by atoms with Gasteiger partial charge >= 0.3 is 5.97 Å². The Morgan fingerprint density at radius 1 is 1.39 bits per heavy atom. The zero-order chi connectivity index (χ0) is 13.1. The summed E-state index contributed by atoms with van der Waals surface area (Å²) in [5.41, 5.74) is 2.65. The average molecular weight is 246 g/mol. The second kappa shape index (κ2) is 4.91. The number of carboxylic acid groups (broad SMARTS) is 1. The number of carbonyl (C=O) groups is 1. The summed E-state index contributed by atoms with van der Waals surface area (Å²) in [6.45, 7) is 3.40. The fourth-order valence-electron chi connectivity index (χ4n) is 1.66. The third kappa shape index (κ3) is 2.34. The normalized spacial score (nSPS) is 12.1. The molecule has 0 aliphatic carbocycles. The number of aryl methyl sites for hydroxylation is 1. The molecule has 1 atom stereocenters. The molecule has 5 heteroatoms. The van der Waals surface area contributed by atoms with Crippen molar-refractivity contribution in [1.82, 2.24) is 10.2 Å². The van der Waals surface area contributed by atoms with Crippen LogP contribution in [0.15, 0.2) is 30.5 Å². The van der Waals surface area contributed by atoms with Gasteiger partial charge in [-0.2, -0.15) is 5.10 Å². The predicted octanol–water partition coefficient (Wildman–Crippen LogP) is 2.24. The lowest BCUT2D eigenvalue weighted by atomic mass is 10.1. The predicted molar refractivity (Wildman–Crippen MR) is 66.5 cm³/mol. The molecule has 0 unspecified atom stereocenters. The molecule has 1 aromatic carbocycles. The Hall–Kier alpha value is -2.30. The first-order valence-corrected chi connectivity index (χ1v) is 5.58. The zero-order valence-corrected chi connectivity index (χ0v) is 10.2. The van der Waals surface area contributed by atoms with Crippen molar-refractivity contribution >= 4 is 5.97 Å². The lowest BCUT2D eigenvalue weighted by Gasteiger charge is -2.14. The van der Waals surface area contributed by atoms with Gasteiger partial charge in [0.1, 0.15) is 5.75 Å². The van der Waals surface area contributed by atoms with Crippen molar-refractivity contribution in [2.45, 2.75) is 20.0 Å². The minimum atomic E-state index is -0.992. The van der Waals surface area contributed by atoms with Crippen LogP contribution in [0.3, 0.4) is 0 Å². The Kier molecular flexibility index (Phi) is 3.32. The van der Waals surface area contributed by atoms with E-state index in [-0.39, 0.29) is 0 Å². The van der Waals surface area contributed by atoms with Crippen LogP contribution in [0.25, 0.3) is 11.1 Å². The average Bonchev–Trinajstić information content (AvgIpc) is 2.76. The van der Waals surface area contributed by atoms with Crippen LogP contribution in [0.5, 0.6) is 5.75 Å². The Morgan fingerprint density at radius 3 is 2.72 bits per heavy atom. The molecule has 2 aromatic rings. The molecule has 0 saturated heterocycles. The number of aromatic amines is 1. The lowest BCUT2D eigenvalue weighted by molar-refractivity contribution is -0.144. The molecule has 1 aromatic heterocycles. The van der Waals surface area contributed by atoms with E-state index in [1.54, 1.807) is 12.3 Å². The largest absolute Gasteiger partial charge is 0.479 e. The van der Waals surface area contributed by atoms with Gasteiger partial charge in [-0.05, 0) is 19.9 Å². The van der Waals surface area contributed by atoms with Gasteiger partial charge in [0.05, 0.1) is 6.20 Å². The topological polar surface area (TPSA) is 75.2 Å². The van der Waals surface area contributed by atoms with Gasteiger partial charge in [-0.1, -0.05) is 18.2 Å². The maximum atomic E-state index is 10.8. The second-order valence-electron chi connectivity index (χ2n) is 4.00.